The van der Waals surface area contributed by atoms with Gasteiger partial charge in [0.1, 0.15) is 16.8 Å². The molecule has 0 radical (unpaired) electrons. The maximum Gasteiger partial charge on any atom is 0.420 e. The number of aryl methyl sites for hydroxylation is 1. The Labute approximate surface area is 170 Å². The first kappa shape index (κ1) is 19.1. The first-order valence-electron chi connectivity index (χ1n) is 9.00. The Bertz CT molecular complexity index is 1030. The molecule has 0 saturated carbocycles. The van der Waals surface area contributed by atoms with E-state index in [9.17, 15) is 19.2 Å². The summed E-state index contributed by atoms with van der Waals surface area (Å²) in [7, 11) is 1.58. The molecular weight excluding hydrogens is 396 g/mol. The van der Waals surface area contributed by atoms with E-state index in [1.165, 1.54) is 27.4 Å². The summed E-state index contributed by atoms with van der Waals surface area (Å²) < 4.78 is 9.54. The fourth-order valence-electron chi connectivity index (χ4n) is 3.36. The van der Waals surface area contributed by atoms with E-state index >= 15 is 0 Å². The van der Waals surface area contributed by atoms with E-state index in [0.29, 0.717) is 17.0 Å². The zero-order valence-corrected chi connectivity index (χ0v) is 16.6. The Hall–Kier alpha value is -3.27. The lowest BCUT2D eigenvalue weighted by molar-refractivity contribution is -0.136. The highest BCUT2D eigenvalue weighted by Crippen LogP contribution is 2.30. The summed E-state index contributed by atoms with van der Waals surface area (Å²) in [6.45, 7) is 2.11. The largest absolute Gasteiger partial charge is 0.420 e. The quantitative estimate of drug-likeness (QED) is 0.768. The second-order valence-corrected chi connectivity index (χ2v) is 7.74. The van der Waals surface area contributed by atoms with Gasteiger partial charge in [-0.3, -0.25) is 24.6 Å². The summed E-state index contributed by atoms with van der Waals surface area (Å²) in [4.78, 5) is 51.5. The molecular formula is C19H18N4O5S. The summed E-state index contributed by atoms with van der Waals surface area (Å²) in [5.41, 5.74) is 1.93. The summed E-state index contributed by atoms with van der Waals surface area (Å²) in [5.74, 6) is -0.875. The van der Waals surface area contributed by atoms with E-state index in [2.05, 4.69) is 9.69 Å². The number of aromatic nitrogens is 1. The lowest BCUT2D eigenvalue weighted by atomic mass is 10.0. The number of benzene rings is 1. The van der Waals surface area contributed by atoms with Gasteiger partial charge in [0.2, 0.25) is 11.8 Å². The average Bonchev–Trinajstić information content (AvgIpc) is 3.25. The molecule has 1 atom stereocenters. The molecule has 0 bridgehead atoms. The molecule has 0 spiro atoms. The Balaban J connectivity index is 1.48. The van der Waals surface area contributed by atoms with Crippen molar-refractivity contribution in [3.63, 3.8) is 0 Å². The van der Waals surface area contributed by atoms with Crippen LogP contribution in [0.4, 0.5) is 9.80 Å². The first-order valence-corrected chi connectivity index (χ1v) is 9.77. The lowest BCUT2D eigenvalue weighted by Crippen LogP contribution is -2.52. The number of carbonyl (C=O) groups excluding carboxylic acids is 4. The third-order valence-corrected chi connectivity index (χ3v) is 5.88. The molecule has 9 nitrogen and oxygen atoms in total. The fourth-order valence-corrected chi connectivity index (χ4v) is 4.08. The van der Waals surface area contributed by atoms with E-state index < -0.39 is 18.0 Å². The molecule has 29 heavy (non-hydrogen) atoms. The van der Waals surface area contributed by atoms with Gasteiger partial charge in [0.05, 0.1) is 5.69 Å². The number of nitrogens with one attached hydrogen (secondary N) is 1. The van der Waals surface area contributed by atoms with Crippen molar-refractivity contribution in [2.75, 3.05) is 11.9 Å². The van der Waals surface area contributed by atoms with Crippen molar-refractivity contribution >= 4 is 40.3 Å². The van der Waals surface area contributed by atoms with E-state index in [4.69, 9.17) is 4.74 Å². The number of hydrogen-bond donors (Lipinski definition) is 1. The highest BCUT2D eigenvalue weighted by molar-refractivity contribution is 7.10. The van der Waals surface area contributed by atoms with Crippen LogP contribution in [0.1, 0.15) is 34.5 Å². The first-order chi connectivity index (χ1) is 13.8. The zero-order valence-electron chi connectivity index (χ0n) is 15.8. The second-order valence-electron chi connectivity index (χ2n) is 6.95. The number of anilines is 1. The standard InChI is InChI=1S/C19H18N4O5S/c1-10-7-16(29-21-10)22(2)19(27)28-12-4-3-11-9-23(18(26)13(11)8-12)14-5-6-15(24)20-17(14)25/h3-4,7-8,14H,5-6,9H2,1-2H3,(H,20,24,25). The summed E-state index contributed by atoms with van der Waals surface area (Å²) in [6.07, 6.45) is -0.102. The van der Waals surface area contributed by atoms with E-state index in [0.717, 1.165) is 11.3 Å². The third kappa shape index (κ3) is 3.58. The van der Waals surface area contributed by atoms with Crippen molar-refractivity contribution in [3.05, 3.63) is 41.1 Å². The molecule has 4 amide bonds. The SMILES string of the molecule is Cc1cc(N(C)C(=O)Oc2ccc3c(c2)C(=O)N(C2CCC(=O)NC2=O)C3)sn1. The van der Waals surface area contributed by atoms with Gasteiger partial charge in [-0.15, -0.1) is 0 Å². The van der Waals surface area contributed by atoms with Gasteiger partial charge in [-0.05, 0) is 48.6 Å². The van der Waals surface area contributed by atoms with Gasteiger partial charge in [-0.25, -0.2) is 4.79 Å². The van der Waals surface area contributed by atoms with E-state index in [1.54, 1.807) is 25.2 Å². The topological polar surface area (TPSA) is 109 Å². The molecule has 1 fully saturated rings. The second kappa shape index (κ2) is 7.28. The van der Waals surface area contributed by atoms with Crippen molar-refractivity contribution in [1.29, 1.82) is 0 Å². The van der Waals surface area contributed by atoms with Crippen LogP contribution in [0.2, 0.25) is 0 Å². The minimum atomic E-state index is -0.681. The summed E-state index contributed by atoms with van der Waals surface area (Å²) >= 11 is 1.19. The van der Waals surface area contributed by atoms with Crippen molar-refractivity contribution in [3.8, 4) is 5.75 Å². The number of piperidine rings is 1. The van der Waals surface area contributed by atoms with Crippen LogP contribution in [-0.2, 0) is 16.1 Å². The van der Waals surface area contributed by atoms with Gasteiger partial charge < -0.3 is 9.64 Å². The number of ether oxygens (including phenoxy) is 1. The number of carbonyl (C=O) groups is 4. The molecule has 150 valence electrons. The van der Waals surface area contributed by atoms with Crippen LogP contribution in [-0.4, -0.2) is 46.2 Å². The molecule has 4 rings (SSSR count). The summed E-state index contributed by atoms with van der Waals surface area (Å²) in [5, 5.41) is 2.92. The number of imide groups is 1. The van der Waals surface area contributed by atoms with Gasteiger partial charge >= 0.3 is 6.09 Å². The van der Waals surface area contributed by atoms with Crippen LogP contribution >= 0.6 is 11.5 Å². The summed E-state index contributed by atoms with van der Waals surface area (Å²) in [6, 6.07) is 5.92. The molecule has 1 N–H and O–H groups in total. The Kier molecular flexibility index (Phi) is 4.79. The molecule has 3 heterocycles. The van der Waals surface area contributed by atoms with Crippen LogP contribution in [0.3, 0.4) is 0 Å². The van der Waals surface area contributed by atoms with Crippen molar-refractivity contribution in [2.45, 2.75) is 32.4 Å². The highest BCUT2D eigenvalue weighted by atomic mass is 32.1. The zero-order chi connectivity index (χ0) is 20.7. The van der Waals surface area contributed by atoms with Gasteiger partial charge in [0.25, 0.3) is 5.91 Å². The Morgan fingerprint density at radius 2 is 2.10 bits per heavy atom. The fraction of sp³-hybridized carbons (Fsp3) is 0.316. The van der Waals surface area contributed by atoms with Crippen LogP contribution in [0.25, 0.3) is 0 Å². The van der Waals surface area contributed by atoms with Crippen molar-refractivity contribution < 1.29 is 23.9 Å². The number of fused-ring (bicyclic) bond motifs is 1. The molecule has 0 aliphatic carbocycles. The number of nitrogens with zero attached hydrogens (tertiary/aromatic N) is 3. The maximum atomic E-state index is 12.8. The van der Waals surface area contributed by atoms with E-state index in [1.807, 2.05) is 6.92 Å². The van der Waals surface area contributed by atoms with Gasteiger partial charge in [-0.1, -0.05) is 6.07 Å². The van der Waals surface area contributed by atoms with Gasteiger partial charge in [0.15, 0.2) is 0 Å². The number of rotatable bonds is 3. The smallest absolute Gasteiger partial charge is 0.410 e. The molecule has 2 aromatic rings. The Morgan fingerprint density at radius 1 is 1.31 bits per heavy atom. The van der Waals surface area contributed by atoms with Crippen molar-refractivity contribution in [2.24, 2.45) is 0 Å². The Morgan fingerprint density at radius 3 is 2.79 bits per heavy atom. The third-order valence-electron chi connectivity index (χ3n) is 4.92. The normalized spacial score (nSPS) is 18.5. The van der Waals surface area contributed by atoms with Gasteiger partial charge in [-0.2, -0.15) is 4.37 Å². The van der Waals surface area contributed by atoms with Crippen LogP contribution in [0.15, 0.2) is 24.3 Å². The van der Waals surface area contributed by atoms with Crippen LogP contribution in [0.5, 0.6) is 5.75 Å². The number of hydrogen-bond acceptors (Lipinski definition) is 7. The van der Waals surface area contributed by atoms with Crippen LogP contribution in [0, 0.1) is 6.92 Å². The van der Waals surface area contributed by atoms with E-state index in [-0.39, 0.29) is 30.5 Å². The average molecular weight is 414 g/mol. The minimum absolute atomic E-state index is 0.197. The lowest BCUT2D eigenvalue weighted by Gasteiger charge is -2.29. The van der Waals surface area contributed by atoms with Crippen molar-refractivity contribution in [1.82, 2.24) is 14.6 Å². The molecule has 1 saturated heterocycles. The molecule has 1 aromatic carbocycles. The molecule has 10 heteroatoms. The van der Waals surface area contributed by atoms with Gasteiger partial charge in [0, 0.05) is 25.6 Å². The molecule has 1 unspecified atom stereocenters. The monoisotopic (exact) mass is 414 g/mol. The molecule has 2 aliphatic rings. The predicted molar refractivity (Wildman–Crippen MR) is 104 cm³/mol. The molecule has 1 aromatic heterocycles. The predicted octanol–water partition coefficient (Wildman–Crippen LogP) is 1.85. The molecule has 2 aliphatic heterocycles. The minimum Gasteiger partial charge on any atom is -0.410 e. The maximum absolute atomic E-state index is 12.8. The van der Waals surface area contributed by atoms with Crippen LogP contribution < -0.4 is 15.0 Å². The highest BCUT2D eigenvalue weighted by Gasteiger charge is 2.39. The number of amides is 4.